The molecule has 1 fully saturated rings. The molecule has 0 unspecified atom stereocenters. The van der Waals surface area contributed by atoms with Crippen molar-refractivity contribution in [2.45, 2.75) is 38.8 Å². The largest absolute Gasteiger partial charge is 0.464 e. The number of hydrogen-bond donors (Lipinski definition) is 0. The lowest BCUT2D eigenvalue weighted by molar-refractivity contribution is -0.133. The standard InChI is InChI=1S/C19H19Cl2N3O5/c1-9(25)8-19(2,3)24-15-13(14(22-24)18(28)29-4)16(26)23(17(15)27)12-6-10(20)5-11(21)7-12/h5-7,13,15H,8H2,1-4H3/t13-,15+/m1/s1. The highest BCUT2D eigenvalue weighted by atomic mass is 35.5. The fourth-order valence-corrected chi connectivity index (χ4v) is 4.32. The number of methoxy groups -OCH3 is 1. The molecule has 1 saturated heterocycles. The summed E-state index contributed by atoms with van der Waals surface area (Å²) in [6.45, 7) is 4.85. The van der Waals surface area contributed by atoms with Crippen molar-refractivity contribution in [1.29, 1.82) is 0 Å². The Hall–Kier alpha value is -2.45. The molecule has 0 aromatic heterocycles. The molecule has 29 heavy (non-hydrogen) atoms. The van der Waals surface area contributed by atoms with Gasteiger partial charge in [0.05, 0.1) is 18.3 Å². The van der Waals surface area contributed by atoms with Crippen molar-refractivity contribution in [3.05, 3.63) is 28.2 Å². The van der Waals surface area contributed by atoms with Crippen molar-refractivity contribution in [2.24, 2.45) is 11.0 Å². The summed E-state index contributed by atoms with van der Waals surface area (Å²) in [7, 11) is 1.17. The number of fused-ring (bicyclic) bond motifs is 1. The molecule has 0 aliphatic carbocycles. The van der Waals surface area contributed by atoms with Crippen LogP contribution in [0, 0.1) is 5.92 Å². The van der Waals surface area contributed by atoms with Crippen LogP contribution in [0.5, 0.6) is 0 Å². The quantitative estimate of drug-likeness (QED) is 0.516. The molecule has 2 aliphatic heterocycles. The smallest absolute Gasteiger partial charge is 0.355 e. The molecule has 2 aliphatic rings. The molecule has 2 atom stereocenters. The monoisotopic (exact) mass is 439 g/mol. The average Bonchev–Trinajstić information content (AvgIpc) is 3.10. The summed E-state index contributed by atoms with van der Waals surface area (Å²) in [5.41, 5.74) is -0.897. The van der Waals surface area contributed by atoms with Crippen molar-refractivity contribution in [3.63, 3.8) is 0 Å². The SMILES string of the molecule is COC(=O)C1=NN(C(C)(C)CC(C)=O)[C@@H]2C(=O)N(c3cc(Cl)cc(Cl)c3)C(=O)[C@H]12. The van der Waals surface area contributed by atoms with Crippen LogP contribution in [0.3, 0.4) is 0 Å². The van der Waals surface area contributed by atoms with Gasteiger partial charge in [0.15, 0.2) is 5.71 Å². The van der Waals surface area contributed by atoms with Crippen LogP contribution in [0.15, 0.2) is 23.3 Å². The highest BCUT2D eigenvalue weighted by molar-refractivity contribution is 6.46. The number of rotatable bonds is 5. The number of halogens is 2. The van der Waals surface area contributed by atoms with Gasteiger partial charge in [0, 0.05) is 16.5 Å². The predicted molar refractivity (Wildman–Crippen MR) is 107 cm³/mol. The van der Waals surface area contributed by atoms with Crippen molar-refractivity contribution in [3.8, 4) is 0 Å². The minimum Gasteiger partial charge on any atom is -0.464 e. The first-order valence-electron chi connectivity index (χ1n) is 8.77. The molecule has 0 saturated carbocycles. The summed E-state index contributed by atoms with van der Waals surface area (Å²) >= 11 is 12.1. The van der Waals surface area contributed by atoms with E-state index in [4.69, 9.17) is 27.9 Å². The second kappa shape index (κ2) is 7.42. The highest BCUT2D eigenvalue weighted by Crippen LogP contribution is 2.40. The number of amides is 2. The molecule has 154 valence electrons. The van der Waals surface area contributed by atoms with Gasteiger partial charge in [0.25, 0.3) is 5.91 Å². The zero-order valence-electron chi connectivity index (χ0n) is 16.2. The predicted octanol–water partition coefficient (Wildman–Crippen LogP) is 2.45. The number of hydrogen-bond acceptors (Lipinski definition) is 7. The van der Waals surface area contributed by atoms with Crippen LogP contribution in [0.1, 0.15) is 27.2 Å². The highest BCUT2D eigenvalue weighted by Gasteiger charge is 2.61. The molecular weight excluding hydrogens is 421 g/mol. The van der Waals surface area contributed by atoms with Crippen molar-refractivity contribution >= 4 is 58.2 Å². The van der Waals surface area contributed by atoms with E-state index in [1.165, 1.54) is 37.2 Å². The van der Waals surface area contributed by atoms with E-state index in [-0.39, 0.29) is 33.6 Å². The third kappa shape index (κ3) is 3.62. The zero-order valence-corrected chi connectivity index (χ0v) is 17.7. The molecule has 0 bridgehead atoms. The maximum absolute atomic E-state index is 13.3. The van der Waals surface area contributed by atoms with E-state index in [2.05, 4.69) is 5.10 Å². The Bertz CT molecular complexity index is 939. The van der Waals surface area contributed by atoms with E-state index in [0.717, 1.165) is 4.90 Å². The number of carbonyl (C=O) groups is 4. The van der Waals surface area contributed by atoms with Gasteiger partial charge in [0.2, 0.25) is 5.91 Å². The number of nitrogens with zero attached hydrogens (tertiary/aromatic N) is 3. The van der Waals surface area contributed by atoms with E-state index < -0.39 is 35.3 Å². The van der Waals surface area contributed by atoms with Gasteiger partial charge in [-0.05, 0) is 39.0 Å². The lowest BCUT2D eigenvalue weighted by atomic mass is 9.92. The number of ether oxygens (including phenoxy) is 1. The third-order valence-electron chi connectivity index (χ3n) is 4.85. The molecule has 8 nitrogen and oxygen atoms in total. The van der Waals surface area contributed by atoms with Crippen molar-refractivity contribution in [1.82, 2.24) is 5.01 Å². The second-order valence-corrected chi connectivity index (χ2v) is 8.45. The average molecular weight is 440 g/mol. The molecule has 2 heterocycles. The number of Topliss-reactive ketones (excluding diaryl/α,β-unsaturated/α-hetero) is 1. The van der Waals surface area contributed by atoms with Crippen LogP contribution in [0.4, 0.5) is 5.69 Å². The minimum atomic E-state index is -1.15. The van der Waals surface area contributed by atoms with Crippen LogP contribution in [0.25, 0.3) is 0 Å². The first kappa shape index (κ1) is 21.3. The van der Waals surface area contributed by atoms with Gasteiger partial charge >= 0.3 is 5.97 Å². The first-order chi connectivity index (χ1) is 13.5. The molecule has 2 amide bonds. The van der Waals surface area contributed by atoms with Gasteiger partial charge in [-0.3, -0.25) is 19.4 Å². The van der Waals surface area contributed by atoms with E-state index >= 15 is 0 Å². The molecular formula is C19H19Cl2N3O5. The number of esters is 1. The molecule has 0 N–H and O–H groups in total. The van der Waals surface area contributed by atoms with Gasteiger partial charge in [-0.2, -0.15) is 5.10 Å². The van der Waals surface area contributed by atoms with Crippen LogP contribution in [-0.4, -0.2) is 53.0 Å². The van der Waals surface area contributed by atoms with Crippen LogP contribution in [0.2, 0.25) is 10.0 Å². The van der Waals surface area contributed by atoms with Crippen LogP contribution >= 0.6 is 23.2 Å². The summed E-state index contributed by atoms with van der Waals surface area (Å²) in [5.74, 6) is -3.31. The Morgan fingerprint density at radius 3 is 2.24 bits per heavy atom. The number of anilines is 1. The van der Waals surface area contributed by atoms with Crippen molar-refractivity contribution < 1.29 is 23.9 Å². The number of carbonyl (C=O) groups excluding carboxylic acids is 4. The fourth-order valence-electron chi connectivity index (χ4n) is 3.81. The van der Waals surface area contributed by atoms with Crippen LogP contribution < -0.4 is 4.90 Å². The van der Waals surface area contributed by atoms with Gasteiger partial charge < -0.3 is 4.74 Å². The minimum absolute atomic E-state index is 0.0681. The summed E-state index contributed by atoms with van der Waals surface area (Å²) in [5, 5.41) is 6.10. The molecule has 1 aromatic carbocycles. The van der Waals surface area contributed by atoms with Gasteiger partial charge in [-0.15, -0.1) is 0 Å². The molecule has 0 spiro atoms. The fraction of sp³-hybridized carbons (Fsp3) is 0.421. The molecule has 3 rings (SSSR count). The maximum Gasteiger partial charge on any atom is 0.355 e. The Morgan fingerprint density at radius 1 is 1.14 bits per heavy atom. The Morgan fingerprint density at radius 2 is 1.72 bits per heavy atom. The number of imide groups is 1. The van der Waals surface area contributed by atoms with Crippen molar-refractivity contribution in [2.75, 3.05) is 12.0 Å². The maximum atomic E-state index is 13.3. The number of ketones is 1. The van der Waals surface area contributed by atoms with E-state index in [1.54, 1.807) is 13.8 Å². The first-order valence-corrected chi connectivity index (χ1v) is 9.53. The molecule has 10 heteroatoms. The van der Waals surface area contributed by atoms with Crippen LogP contribution in [-0.2, 0) is 23.9 Å². The Labute approximate surface area is 177 Å². The molecule has 0 radical (unpaired) electrons. The van der Waals surface area contributed by atoms with E-state index in [9.17, 15) is 19.2 Å². The lowest BCUT2D eigenvalue weighted by Gasteiger charge is -2.36. The second-order valence-electron chi connectivity index (χ2n) is 7.57. The third-order valence-corrected chi connectivity index (χ3v) is 5.29. The van der Waals surface area contributed by atoms with Gasteiger partial charge in [-0.1, -0.05) is 23.2 Å². The Kier molecular flexibility index (Phi) is 5.44. The zero-order chi connectivity index (χ0) is 21.7. The normalized spacial score (nSPS) is 21.4. The summed E-state index contributed by atoms with van der Waals surface area (Å²) in [6.07, 6.45) is 0.0681. The van der Waals surface area contributed by atoms with E-state index in [0.29, 0.717) is 0 Å². The Balaban J connectivity index is 2.10. The summed E-state index contributed by atoms with van der Waals surface area (Å²) < 4.78 is 4.76. The van der Waals surface area contributed by atoms with Gasteiger partial charge in [-0.25, -0.2) is 9.69 Å². The summed E-state index contributed by atoms with van der Waals surface area (Å²) in [4.78, 5) is 51.4. The molecule has 1 aromatic rings. The number of hydrazone groups is 1. The number of benzene rings is 1. The topological polar surface area (TPSA) is 96.3 Å². The lowest BCUT2D eigenvalue weighted by Crippen LogP contribution is -2.50. The summed E-state index contributed by atoms with van der Waals surface area (Å²) in [6, 6.07) is 3.26. The van der Waals surface area contributed by atoms with Gasteiger partial charge in [0.1, 0.15) is 17.7 Å². The van der Waals surface area contributed by atoms with E-state index in [1.807, 2.05) is 0 Å².